The van der Waals surface area contributed by atoms with Crippen LogP contribution in [0, 0.1) is 15.5 Å². The summed E-state index contributed by atoms with van der Waals surface area (Å²) in [4.78, 5) is 49.1. The average Bonchev–Trinajstić information content (AvgIpc) is 3.22. The van der Waals surface area contributed by atoms with Crippen molar-refractivity contribution in [1.29, 1.82) is 5.41 Å². The van der Waals surface area contributed by atoms with Gasteiger partial charge in [0.25, 0.3) is 5.69 Å². The van der Waals surface area contributed by atoms with Crippen LogP contribution in [0.2, 0.25) is 0 Å². The number of nitrogens with zero attached hydrogens (tertiary/aromatic N) is 3. The molecule has 1 fully saturated rings. The second kappa shape index (κ2) is 13.5. The summed E-state index contributed by atoms with van der Waals surface area (Å²) in [6.07, 6.45) is -0.979. The Bertz CT molecular complexity index is 1130. The summed E-state index contributed by atoms with van der Waals surface area (Å²) in [5.74, 6) is -1.26. The second-order valence-electron chi connectivity index (χ2n) is 8.88. The first-order valence-electron chi connectivity index (χ1n) is 10.8. The average molecular weight is 563 g/mol. The molecule has 18 heteroatoms. The van der Waals surface area contributed by atoms with Crippen molar-refractivity contribution in [2.24, 2.45) is 5.73 Å². The van der Waals surface area contributed by atoms with Crippen LogP contribution in [0.5, 0.6) is 0 Å². The number of amides is 3. The van der Waals surface area contributed by atoms with Gasteiger partial charge in [-0.05, 0) is 44.9 Å². The first-order chi connectivity index (χ1) is 17.4. The van der Waals surface area contributed by atoms with Crippen LogP contribution in [-0.4, -0.2) is 87.6 Å². The van der Waals surface area contributed by atoms with E-state index in [0.717, 1.165) is 0 Å². The highest BCUT2D eigenvalue weighted by Gasteiger charge is 2.31. The lowest BCUT2D eigenvalue weighted by Crippen LogP contribution is -2.49. The fourth-order valence-electron chi connectivity index (χ4n) is 2.97. The van der Waals surface area contributed by atoms with Crippen LogP contribution in [0.1, 0.15) is 32.8 Å². The molecule has 1 aromatic carbocycles. The number of likely N-dealkylation sites (tertiary alicyclic amines) is 1. The molecule has 38 heavy (non-hydrogen) atoms. The minimum atomic E-state index is -4.67. The summed E-state index contributed by atoms with van der Waals surface area (Å²) in [5.41, 5.74) is 5.17. The summed E-state index contributed by atoms with van der Waals surface area (Å²) >= 11 is 0. The van der Waals surface area contributed by atoms with E-state index in [4.69, 9.17) is 38.1 Å². The van der Waals surface area contributed by atoms with Gasteiger partial charge >= 0.3 is 22.6 Å². The minimum absolute atomic E-state index is 0.107. The van der Waals surface area contributed by atoms with Gasteiger partial charge in [0.1, 0.15) is 18.8 Å². The van der Waals surface area contributed by atoms with Crippen LogP contribution in [0.4, 0.5) is 15.3 Å². The van der Waals surface area contributed by atoms with E-state index in [9.17, 15) is 24.5 Å². The molecule has 1 heterocycles. The molecule has 0 unspecified atom stereocenters. The number of carbonyl (C=O) groups excluding carboxylic acids is 3. The van der Waals surface area contributed by atoms with Crippen LogP contribution < -0.4 is 11.1 Å². The van der Waals surface area contributed by atoms with Gasteiger partial charge in [-0.15, -0.1) is 0 Å². The number of nitrogens with one attached hydrogen (secondary N) is 2. The molecule has 0 aromatic heterocycles. The predicted octanol–water partition coefficient (Wildman–Crippen LogP) is 0.900. The molecule has 0 saturated carbocycles. The molecule has 1 aliphatic heterocycles. The SMILES string of the molecule is CC(C)(C)OC(=O)N1CC[C@H](NC(=O)CN(C(=N)N)C(=O)OCc2ccc([N+](=O)[O-])cc2)C1.O=S(=O)(O)O. The Balaban J connectivity index is 0.00000132. The largest absolute Gasteiger partial charge is 0.444 e. The van der Waals surface area contributed by atoms with Crippen molar-refractivity contribution in [3.63, 3.8) is 0 Å². The van der Waals surface area contributed by atoms with Crippen LogP contribution in [0.25, 0.3) is 0 Å². The van der Waals surface area contributed by atoms with Gasteiger partial charge in [-0.1, -0.05) is 0 Å². The van der Waals surface area contributed by atoms with Crippen LogP contribution >= 0.6 is 0 Å². The number of benzene rings is 1. The van der Waals surface area contributed by atoms with Crippen molar-refractivity contribution >= 4 is 40.1 Å². The number of hydrogen-bond acceptors (Lipinski definition) is 10. The Morgan fingerprint density at radius 2 is 1.82 bits per heavy atom. The highest BCUT2D eigenvalue weighted by Crippen LogP contribution is 2.16. The zero-order chi connectivity index (χ0) is 29.3. The van der Waals surface area contributed by atoms with Gasteiger partial charge in [0.05, 0.1) is 4.92 Å². The van der Waals surface area contributed by atoms with E-state index in [1.54, 1.807) is 20.8 Å². The Kier molecular flexibility index (Phi) is 11.4. The third kappa shape index (κ3) is 12.8. The molecule has 17 nitrogen and oxygen atoms in total. The third-order valence-electron chi connectivity index (χ3n) is 4.53. The molecule has 6 N–H and O–H groups in total. The number of ether oxygens (including phenoxy) is 2. The first kappa shape index (κ1) is 32.0. The molecular formula is C20H30N6O11S. The molecule has 0 spiro atoms. The Morgan fingerprint density at radius 1 is 1.26 bits per heavy atom. The number of nitrogens with two attached hydrogens (primary N) is 1. The molecule has 3 amide bonds. The molecule has 1 aromatic rings. The van der Waals surface area contributed by atoms with E-state index < -0.39 is 51.5 Å². The van der Waals surface area contributed by atoms with Crippen LogP contribution in [0.15, 0.2) is 24.3 Å². The van der Waals surface area contributed by atoms with Crippen molar-refractivity contribution < 1.29 is 46.3 Å². The topological polar surface area (TPSA) is 256 Å². The fraction of sp³-hybridized carbons (Fsp3) is 0.500. The summed E-state index contributed by atoms with van der Waals surface area (Å²) in [6, 6.07) is 5.04. The van der Waals surface area contributed by atoms with Gasteiger partial charge in [0, 0.05) is 31.3 Å². The number of guanidine groups is 1. The highest BCUT2D eigenvalue weighted by molar-refractivity contribution is 7.79. The van der Waals surface area contributed by atoms with Gasteiger partial charge in [-0.2, -0.15) is 8.42 Å². The van der Waals surface area contributed by atoms with E-state index >= 15 is 0 Å². The molecular weight excluding hydrogens is 532 g/mol. The molecule has 1 aliphatic rings. The number of hydrogen-bond donors (Lipinski definition) is 5. The van der Waals surface area contributed by atoms with Gasteiger partial charge in [-0.25, -0.2) is 14.5 Å². The quantitative estimate of drug-likeness (QED) is 0.106. The van der Waals surface area contributed by atoms with Gasteiger partial charge in [0.15, 0.2) is 5.96 Å². The number of nitro benzene ring substituents is 1. The van der Waals surface area contributed by atoms with Gasteiger partial charge in [-0.3, -0.25) is 29.4 Å². The standard InChI is InChI=1S/C20H28N6O7.H2O4S/c1-20(2,3)33-18(28)24-9-8-14(10-24)23-16(27)11-25(17(21)22)19(29)32-12-13-4-6-15(7-5-13)26(30)31;1-5(2,3)4/h4-7,14H,8-12H2,1-3H3,(H3,21,22)(H,23,27);(H2,1,2,3,4)/t14-;/m0./s1. The minimum Gasteiger partial charge on any atom is -0.444 e. The molecule has 0 bridgehead atoms. The summed E-state index contributed by atoms with van der Waals surface area (Å²) < 4.78 is 42.0. The fourth-order valence-corrected chi connectivity index (χ4v) is 2.97. The summed E-state index contributed by atoms with van der Waals surface area (Å²) in [5, 5.41) is 21.0. The van der Waals surface area contributed by atoms with Crippen molar-refractivity contribution in [2.75, 3.05) is 19.6 Å². The van der Waals surface area contributed by atoms with Crippen molar-refractivity contribution in [2.45, 2.75) is 45.4 Å². The number of carbonyl (C=O) groups is 3. The first-order valence-corrected chi connectivity index (χ1v) is 12.2. The lowest BCUT2D eigenvalue weighted by molar-refractivity contribution is -0.384. The number of non-ortho nitro benzene ring substituents is 1. The lowest BCUT2D eigenvalue weighted by Gasteiger charge is -2.24. The van der Waals surface area contributed by atoms with E-state index in [2.05, 4.69) is 5.32 Å². The maximum absolute atomic E-state index is 12.4. The zero-order valence-electron chi connectivity index (χ0n) is 20.8. The van der Waals surface area contributed by atoms with E-state index in [-0.39, 0.29) is 24.9 Å². The summed E-state index contributed by atoms with van der Waals surface area (Å²) in [7, 11) is -4.67. The smallest absolute Gasteiger partial charge is 0.417 e. The van der Waals surface area contributed by atoms with Crippen molar-refractivity contribution in [1.82, 2.24) is 15.1 Å². The Morgan fingerprint density at radius 3 is 2.29 bits per heavy atom. The number of rotatable bonds is 6. The number of nitro groups is 1. The van der Waals surface area contributed by atoms with Crippen molar-refractivity contribution in [3.05, 3.63) is 39.9 Å². The molecule has 212 valence electrons. The van der Waals surface area contributed by atoms with Gasteiger partial charge in [0.2, 0.25) is 5.91 Å². The molecule has 0 aliphatic carbocycles. The van der Waals surface area contributed by atoms with Crippen molar-refractivity contribution in [3.8, 4) is 0 Å². The van der Waals surface area contributed by atoms with E-state index in [1.807, 2.05) is 0 Å². The van der Waals surface area contributed by atoms with Gasteiger partial charge < -0.3 is 25.4 Å². The normalized spacial score (nSPS) is 15.0. The van der Waals surface area contributed by atoms with Crippen LogP contribution in [-0.2, 0) is 31.3 Å². The molecule has 1 atom stereocenters. The monoisotopic (exact) mass is 562 g/mol. The third-order valence-corrected chi connectivity index (χ3v) is 4.53. The lowest BCUT2D eigenvalue weighted by atomic mass is 10.2. The van der Waals surface area contributed by atoms with Crippen LogP contribution in [0.3, 0.4) is 0 Å². The van der Waals surface area contributed by atoms with E-state index in [0.29, 0.717) is 23.4 Å². The maximum atomic E-state index is 12.4. The highest BCUT2D eigenvalue weighted by atomic mass is 32.3. The molecule has 0 radical (unpaired) electrons. The predicted molar refractivity (Wildman–Crippen MR) is 130 cm³/mol. The zero-order valence-corrected chi connectivity index (χ0v) is 21.6. The second-order valence-corrected chi connectivity index (χ2v) is 9.77. The Labute approximate surface area is 218 Å². The van der Waals surface area contributed by atoms with E-state index in [1.165, 1.54) is 29.2 Å². The summed E-state index contributed by atoms with van der Waals surface area (Å²) in [6.45, 7) is 5.18. The molecule has 1 saturated heterocycles. The Hall–Kier alpha value is -4.03. The molecule has 2 rings (SSSR count). The maximum Gasteiger partial charge on any atom is 0.417 e.